The first kappa shape index (κ1) is 23.8. The third-order valence-electron chi connectivity index (χ3n) is 5.90. The summed E-state index contributed by atoms with van der Waals surface area (Å²) in [5.74, 6) is -0.232. The van der Waals surface area contributed by atoms with Crippen molar-refractivity contribution >= 4 is 29.2 Å². The topological polar surface area (TPSA) is 67.7 Å². The Morgan fingerprint density at radius 3 is 2.35 bits per heavy atom. The number of hydrogen-bond acceptors (Lipinski definition) is 5. The van der Waals surface area contributed by atoms with Crippen LogP contribution in [0.3, 0.4) is 0 Å². The molecule has 0 bridgehead atoms. The minimum absolute atomic E-state index is 0.230. The Kier molecular flexibility index (Phi) is 7.53. The maximum absolute atomic E-state index is 12.4. The zero-order valence-corrected chi connectivity index (χ0v) is 20.3. The summed E-state index contributed by atoms with van der Waals surface area (Å²) in [5, 5.41) is 5.03. The standard InChI is InChI=1S/C26H29ClN4O3/c1-3-7-25(32)30-16-14-29(15-17-30)20-12-10-19(11-13-20)24-18-22(26(33)34-4-2)28-31(24)23-9-6-5-8-21(23)27/h5-6,8-13,18H,3-4,7,14-17H2,1-2H3. The lowest BCUT2D eigenvalue weighted by Gasteiger charge is -2.36. The number of piperazine rings is 1. The molecule has 1 fully saturated rings. The quantitative estimate of drug-likeness (QED) is 0.453. The fourth-order valence-corrected chi connectivity index (χ4v) is 4.34. The van der Waals surface area contributed by atoms with E-state index < -0.39 is 5.97 Å². The van der Waals surface area contributed by atoms with Crippen LogP contribution in [-0.4, -0.2) is 59.3 Å². The molecule has 2 heterocycles. The molecule has 0 unspecified atom stereocenters. The van der Waals surface area contributed by atoms with E-state index in [1.54, 1.807) is 23.7 Å². The van der Waals surface area contributed by atoms with Crippen LogP contribution in [0, 0.1) is 0 Å². The van der Waals surface area contributed by atoms with E-state index in [0.717, 1.165) is 49.5 Å². The van der Waals surface area contributed by atoms with Crippen LogP contribution in [0.4, 0.5) is 5.69 Å². The summed E-state index contributed by atoms with van der Waals surface area (Å²) in [5.41, 5.74) is 3.67. The van der Waals surface area contributed by atoms with Gasteiger partial charge in [-0.25, -0.2) is 9.48 Å². The van der Waals surface area contributed by atoms with Gasteiger partial charge in [0.05, 0.1) is 23.0 Å². The van der Waals surface area contributed by atoms with Gasteiger partial charge >= 0.3 is 5.97 Å². The molecular formula is C26H29ClN4O3. The summed E-state index contributed by atoms with van der Waals surface area (Å²) >= 11 is 6.44. The highest BCUT2D eigenvalue weighted by molar-refractivity contribution is 6.32. The molecule has 0 atom stereocenters. The molecule has 4 rings (SSSR count). The van der Waals surface area contributed by atoms with E-state index in [1.165, 1.54) is 0 Å². The van der Waals surface area contributed by atoms with Gasteiger partial charge in [-0.05, 0) is 43.7 Å². The smallest absolute Gasteiger partial charge is 0.358 e. The summed E-state index contributed by atoms with van der Waals surface area (Å²) in [7, 11) is 0. The molecule has 8 heteroatoms. The van der Waals surface area contributed by atoms with E-state index in [-0.39, 0.29) is 18.2 Å². The normalized spacial score (nSPS) is 13.7. The lowest BCUT2D eigenvalue weighted by molar-refractivity contribution is -0.131. The van der Waals surface area contributed by atoms with Gasteiger partial charge in [0.15, 0.2) is 5.69 Å². The van der Waals surface area contributed by atoms with E-state index in [2.05, 4.69) is 22.1 Å². The summed E-state index contributed by atoms with van der Waals surface area (Å²) in [4.78, 5) is 28.8. The number of nitrogens with zero attached hydrogens (tertiary/aromatic N) is 4. The number of ether oxygens (including phenoxy) is 1. The van der Waals surface area contributed by atoms with Crippen LogP contribution in [0.2, 0.25) is 5.02 Å². The van der Waals surface area contributed by atoms with E-state index in [9.17, 15) is 9.59 Å². The van der Waals surface area contributed by atoms with Gasteiger partial charge in [-0.3, -0.25) is 4.79 Å². The van der Waals surface area contributed by atoms with Gasteiger partial charge in [0, 0.05) is 43.9 Å². The first-order valence-corrected chi connectivity index (χ1v) is 12.0. The average molecular weight is 481 g/mol. The van der Waals surface area contributed by atoms with Crippen LogP contribution in [0.5, 0.6) is 0 Å². The molecule has 1 amide bonds. The average Bonchev–Trinajstić information content (AvgIpc) is 3.30. The Morgan fingerprint density at radius 2 is 1.71 bits per heavy atom. The second-order valence-corrected chi connectivity index (χ2v) is 8.57. The van der Waals surface area contributed by atoms with Crippen LogP contribution in [0.1, 0.15) is 37.2 Å². The van der Waals surface area contributed by atoms with E-state index in [0.29, 0.717) is 17.1 Å². The van der Waals surface area contributed by atoms with E-state index in [1.807, 2.05) is 42.2 Å². The van der Waals surface area contributed by atoms with E-state index >= 15 is 0 Å². The number of rotatable bonds is 7. The molecule has 1 aliphatic rings. The molecule has 178 valence electrons. The maximum atomic E-state index is 12.4. The number of anilines is 1. The van der Waals surface area contributed by atoms with Gasteiger partial charge in [0.25, 0.3) is 0 Å². The van der Waals surface area contributed by atoms with Crippen LogP contribution in [0.15, 0.2) is 54.6 Å². The summed E-state index contributed by atoms with van der Waals surface area (Å²) in [6.45, 7) is 7.16. The molecule has 0 spiro atoms. The highest BCUT2D eigenvalue weighted by Crippen LogP contribution is 2.30. The molecule has 0 radical (unpaired) electrons. The van der Waals surface area contributed by atoms with Crippen molar-refractivity contribution in [2.24, 2.45) is 0 Å². The zero-order chi connectivity index (χ0) is 24.1. The Bertz CT molecular complexity index is 1150. The first-order chi connectivity index (χ1) is 16.5. The number of amides is 1. The van der Waals surface area contributed by atoms with Crippen molar-refractivity contribution in [2.75, 3.05) is 37.7 Å². The molecule has 0 N–H and O–H groups in total. The second kappa shape index (κ2) is 10.7. The fourth-order valence-electron chi connectivity index (χ4n) is 4.13. The molecule has 34 heavy (non-hydrogen) atoms. The Morgan fingerprint density at radius 1 is 1.00 bits per heavy atom. The monoisotopic (exact) mass is 480 g/mol. The lowest BCUT2D eigenvalue weighted by atomic mass is 10.1. The molecule has 7 nitrogen and oxygen atoms in total. The molecule has 0 saturated carbocycles. The number of halogens is 1. The van der Waals surface area contributed by atoms with Crippen LogP contribution in [0.25, 0.3) is 16.9 Å². The van der Waals surface area contributed by atoms with Crippen molar-refractivity contribution in [2.45, 2.75) is 26.7 Å². The van der Waals surface area contributed by atoms with Gasteiger partial charge in [-0.2, -0.15) is 5.10 Å². The fraction of sp³-hybridized carbons (Fsp3) is 0.346. The predicted molar refractivity (Wildman–Crippen MR) is 134 cm³/mol. The lowest BCUT2D eigenvalue weighted by Crippen LogP contribution is -2.48. The SMILES string of the molecule is CCCC(=O)N1CCN(c2ccc(-c3cc(C(=O)OCC)nn3-c3ccccc3Cl)cc2)CC1. The highest BCUT2D eigenvalue weighted by Gasteiger charge is 2.22. The van der Waals surface area contributed by atoms with Gasteiger partial charge in [0.1, 0.15) is 0 Å². The number of para-hydroxylation sites is 1. The van der Waals surface area contributed by atoms with Gasteiger partial charge in [0.2, 0.25) is 5.91 Å². The minimum Gasteiger partial charge on any atom is -0.461 e. The number of carbonyl (C=O) groups excluding carboxylic acids is 2. The highest BCUT2D eigenvalue weighted by atomic mass is 35.5. The number of esters is 1. The second-order valence-electron chi connectivity index (χ2n) is 8.16. The van der Waals surface area contributed by atoms with Gasteiger partial charge < -0.3 is 14.5 Å². The van der Waals surface area contributed by atoms with Crippen molar-refractivity contribution in [3.8, 4) is 16.9 Å². The zero-order valence-electron chi connectivity index (χ0n) is 19.5. The predicted octanol–water partition coefficient (Wildman–Crippen LogP) is 4.82. The van der Waals surface area contributed by atoms with Crippen LogP contribution >= 0.6 is 11.6 Å². The Hall–Kier alpha value is -3.32. The van der Waals surface area contributed by atoms with Gasteiger partial charge in [-0.1, -0.05) is 42.8 Å². The largest absolute Gasteiger partial charge is 0.461 e. The first-order valence-electron chi connectivity index (χ1n) is 11.7. The molecule has 1 aromatic heterocycles. The summed E-state index contributed by atoms with van der Waals surface area (Å²) in [6.07, 6.45) is 1.49. The number of benzene rings is 2. The van der Waals surface area contributed by atoms with Crippen molar-refractivity contribution in [3.63, 3.8) is 0 Å². The van der Waals surface area contributed by atoms with Crippen LogP contribution in [-0.2, 0) is 9.53 Å². The van der Waals surface area contributed by atoms with Crippen molar-refractivity contribution in [3.05, 3.63) is 65.3 Å². The number of aromatic nitrogens is 2. The molecule has 0 aliphatic carbocycles. The maximum Gasteiger partial charge on any atom is 0.358 e. The van der Waals surface area contributed by atoms with Crippen molar-refractivity contribution in [1.29, 1.82) is 0 Å². The third kappa shape index (κ3) is 5.09. The third-order valence-corrected chi connectivity index (χ3v) is 6.22. The van der Waals surface area contributed by atoms with Crippen molar-refractivity contribution in [1.82, 2.24) is 14.7 Å². The van der Waals surface area contributed by atoms with E-state index in [4.69, 9.17) is 16.3 Å². The number of hydrogen-bond donors (Lipinski definition) is 0. The Labute approximate surface area is 204 Å². The van der Waals surface area contributed by atoms with Gasteiger partial charge in [-0.15, -0.1) is 0 Å². The minimum atomic E-state index is -0.471. The summed E-state index contributed by atoms with van der Waals surface area (Å²) in [6, 6.07) is 17.3. The molecule has 3 aromatic rings. The van der Waals surface area contributed by atoms with Crippen molar-refractivity contribution < 1.29 is 14.3 Å². The molecular weight excluding hydrogens is 452 g/mol. The Balaban J connectivity index is 1.58. The summed E-state index contributed by atoms with van der Waals surface area (Å²) < 4.78 is 6.84. The van der Waals surface area contributed by atoms with Crippen LogP contribution < -0.4 is 4.90 Å². The molecule has 1 saturated heterocycles. The number of carbonyl (C=O) groups is 2. The molecule has 2 aromatic carbocycles. The molecule has 1 aliphatic heterocycles.